The molecule has 2 aromatic carbocycles. The summed E-state index contributed by atoms with van der Waals surface area (Å²) in [6.07, 6.45) is 0.852. The predicted octanol–water partition coefficient (Wildman–Crippen LogP) is 5.35. The van der Waals surface area contributed by atoms with E-state index in [0.717, 1.165) is 27.9 Å². The maximum atomic E-state index is 6.07. The zero-order valence-electron chi connectivity index (χ0n) is 14.0. The number of hydrogen-bond donors (Lipinski definition) is 2. The van der Waals surface area contributed by atoms with Gasteiger partial charge in [0.15, 0.2) is 5.11 Å². The van der Waals surface area contributed by atoms with Crippen LogP contribution in [0.3, 0.4) is 0 Å². The van der Waals surface area contributed by atoms with Gasteiger partial charge in [-0.3, -0.25) is 0 Å². The number of hydrogen-bond acceptors (Lipinski definition) is 2. The summed E-state index contributed by atoms with van der Waals surface area (Å²) in [5.74, 6) is 0.925. The highest BCUT2D eigenvalue weighted by atomic mass is 79.9. The molecule has 0 bridgehead atoms. The standard InChI is InChI=1S/C19H21BrN2OS/c1-12-10-13(8-9-15(12)20)21-18(24)22-16-11-19(2,3)23-17-7-5-4-6-14(16)17/h4-10,16H,11H2,1-3H3,(H2,21,22,24)/t16-/m1/s1. The number of aryl methyl sites for hydroxylation is 1. The molecule has 0 unspecified atom stereocenters. The zero-order chi connectivity index (χ0) is 17.3. The van der Waals surface area contributed by atoms with Crippen LogP contribution in [0, 0.1) is 6.92 Å². The van der Waals surface area contributed by atoms with Crippen LogP contribution in [-0.4, -0.2) is 10.7 Å². The fraction of sp³-hybridized carbons (Fsp3) is 0.316. The second-order valence-electron chi connectivity index (χ2n) is 6.72. The first-order valence-corrected chi connectivity index (χ1v) is 9.16. The first-order valence-electron chi connectivity index (χ1n) is 7.96. The largest absolute Gasteiger partial charge is 0.487 e. The van der Waals surface area contributed by atoms with Crippen LogP contribution in [0.15, 0.2) is 46.9 Å². The van der Waals surface area contributed by atoms with Gasteiger partial charge in [0.05, 0.1) is 6.04 Å². The van der Waals surface area contributed by atoms with Crippen LogP contribution in [0.5, 0.6) is 5.75 Å². The number of halogens is 1. The minimum absolute atomic E-state index is 0.126. The summed E-state index contributed by atoms with van der Waals surface area (Å²) in [4.78, 5) is 0. The quantitative estimate of drug-likeness (QED) is 0.661. The maximum Gasteiger partial charge on any atom is 0.171 e. The van der Waals surface area contributed by atoms with Crippen LogP contribution in [-0.2, 0) is 0 Å². The maximum absolute atomic E-state index is 6.07. The van der Waals surface area contributed by atoms with Gasteiger partial charge < -0.3 is 15.4 Å². The van der Waals surface area contributed by atoms with Gasteiger partial charge in [-0.05, 0) is 62.8 Å². The lowest BCUT2D eigenvalue weighted by atomic mass is 9.90. The van der Waals surface area contributed by atoms with E-state index in [1.165, 1.54) is 5.56 Å². The summed E-state index contributed by atoms with van der Waals surface area (Å²) in [7, 11) is 0. The average molecular weight is 405 g/mol. The Morgan fingerprint density at radius 3 is 2.75 bits per heavy atom. The van der Waals surface area contributed by atoms with Crippen LogP contribution in [0.2, 0.25) is 0 Å². The molecule has 1 aliphatic heterocycles. The van der Waals surface area contributed by atoms with Crippen molar-refractivity contribution in [3.05, 3.63) is 58.1 Å². The highest BCUT2D eigenvalue weighted by Crippen LogP contribution is 2.39. The highest BCUT2D eigenvalue weighted by molar-refractivity contribution is 9.10. The monoisotopic (exact) mass is 404 g/mol. The van der Waals surface area contributed by atoms with Gasteiger partial charge in [-0.2, -0.15) is 0 Å². The van der Waals surface area contributed by atoms with Crippen molar-refractivity contribution in [2.24, 2.45) is 0 Å². The van der Waals surface area contributed by atoms with Crippen molar-refractivity contribution in [2.75, 3.05) is 5.32 Å². The Morgan fingerprint density at radius 1 is 1.25 bits per heavy atom. The zero-order valence-corrected chi connectivity index (χ0v) is 16.4. The molecule has 1 aliphatic rings. The third kappa shape index (κ3) is 3.90. The van der Waals surface area contributed by atoms with Gasteiger partial charge in [-0.1, -0.05) is 34.1 Å². The van der Waals surface area contributed by atoms with E-state index in [-0.39, 0.29) is 11.6 Å². The molecule has 2 N–H and O–H groups in total. The second-order valence-corrected chi connectivity index (χ2v) is 7.98. The van der Waals surface area contributed by atoms with E-state index in [1.807, 2.05) is 30.3 Å². The van der Waals surface area contributed by atoms with Crippen molar-refractivity contribution in [2.45, 2.75) is 38.8 Å². The molecule has 0 amide bonds. The van der Waals surface area contributed by atoms with Crippen molar-refractivity contribution >= 4 is 38.9 Å². The molecule has 24 heavy (non-hydrogen) atoms. The van der Waals surface area contributed by atoms with Gasteiger partial charge in [-0.15, -0.1) is 0 Å². The molecule has 3 rings (SSSR count). The predicted molar refractivity (Wildman–Crippen MR) is 107 cm³/mol. The number of rotatable bonds is 2. The Morgan fingerprint density at radius 2 is 2.00 bits per heavy atom. The normalized spacial score (nSPS) is 18.2. The van der Waals surface area contributed by atoms with Crippen molar-refractivity contribution < 1.29 is 4.74 Å². The molecule has 0 saturated heterocycles. The molecule has 0 spiro atoms. The number of anilines is 1. The summed E-state index contributed by atoms with van der Waals surface area (Å²) in [5.41, 5.74) is 3.07. The van der Waals surface area contributed by atoms with Crippen LogP contribution in [0.1, 0.15) is 37.4 Å². The molecule has 5 heteroatoms. The Bertz CT molecular complexity index is 776. The van der Waals surface area contributed by atoms with E-state index < -0.39 is 0 Å². The fourth-order valence-corrected chi connectivity index (χ4v) is 3.49. The van der Waals surface area contributed by atoms with Gasteiger partial charge in [0, 0.05) is 22.1 Å². The van der Waals surface area contributed by atoms with Gasteiger partial charge in [0.25, 0.3) is 0 Å². The molecular formula is C19H21BrN2OS. The molecule has 0 aromatic heterocycles. The number of ether oxygens (including phenoxy) is 1. The molecule has 0 saturated carbocycles. The molecule has 0 fully saturated rings. The van der Waals surface area contributed by atoms with E-state index in [2.05, 4.69) is 59.5 Å². The molecule has 0 radical (unpaired) electrons. The first-order chi connectivity index (χ1) is 11.3. The van der Waals surface area contributed by atoms with E-state index in [9.17, 15) is 0 Å². The van der Waals surface area contributed by atoms with Crippen molar-refractivity contribution in [3.8, 4) is 5.75 Å². The van der Waals surface area contributed by atoms with Gasteiger partial charge in [0.2, 0.25) is 0 Å². The fourth-order valence-electron chi connectivity index (χ4n) is 2.98. The van der Waals surface area contributed by atoms with E-state index in [4.69, 9.17) is 17.0 Å². The first kappa shape index (κ1) is 17.2. The lowest BCUT2D eigenvalue weighted by Gasteiger charge is -2.38. The van der Waals surface area contributed by atoms with Crippen LogP contribution < -0.4 is 15.4 Å². The highest BCUT2D eigenvalue weighted by Gasteiger charge is 2.33. The Hall–Kier alpha value is -1.59. The number of thiocarbonyl (C=S) groups is 1. The van der Waals surface area contributed by atoms with E-state index >= 15 is 0 Å². The molecule has 1 heterocycles. The van der Waals surface area contributed by atoms with Gasteiger partial charge >= 0.3 is 0 Å². The van der Waals surface area contributed by atoms with Crippen LogP contribution in [0.25, 0.3) is 0 Å². The second kappa shape index (κ2) is 6.73. The Labute approximate surface area is 156 Å². The van der Waals surface area contributed by atoms with Crippen molar-refractivity contribution in [1.29, 1.82) is 0 Å². The van der Waals surface area contributed by atoms with Crippen LogP contribution >= 0.6 is 28.1 Å². The third-order valence-electron chi connectivity index (χ3n) is 4.10. The number of benzene rings is 2. The van der Waals surface area contributed by atoms with E-state index in [0.29, 0.717) is 5.11 Å². The summed E-state index contributed by atoms with van der Waals surface area (Å²) < 4.78 is 7.16. The molecule has 2 aromatic rings. The molecule has 3 nitrogen and oxygen atoms in total. The molecule has 1 atom stereocenters. The molecule has 126 valence electrons. The summed E-state index contributed by atoms with van der Waals surface area (Å²) >= 11 is 9.04. The molecule has 0 aliphatic carbocycles. The lowest BCUT2D eigenvalue weighted by molar-refractivity contribution is 0.0697. The summed E-state index contributed by atoms with van der Waals surface area (Å²) in [6.45, 7) is 6.27. The smallest absolute Gasteiger partial charge is 0.171 e. The van der Waals surface area contributed by atoms with Crippen LogP contribution in [0.4, 0.5) is 5.69 Å². The average Bonchev–Trinajstić information content (AvgIpc) is 2.50. The Kier molecular flexibility index (Phi) is 4.83. The minimum Gasteiger partial charge on any atom is -0.487 e. The molecular weight excluding hydrogens is 384 g/mol. The number of para-hydroxylation sites is 1. The van der Waals surface area contributed by atoms with E-state index in [1.54, 1.807) is 0 Å². The van der Waals surface area contributed by atoms with Crippen molar-refractivity contribution in [1.82, 2.24) is 5.32 Å². The van der Waals surface area contributed by atoms with Gasteiger partial charge in [0.1, 0.15) is 11.4 Å². The Balaban J connectivity index is 1.75. The summed E-state index contributed by atoms with van der Waals surface area (Å²) in [6, 6.07) is 14.4. The lowest BCUT2D eigenvalue weighted by Crippen LogP contribution is -2.42. The third-order valence-corrected chi connectivity index (χ3v) is 5.21. The number of fused-ring (bicyclic) bond motifs is 1. The van der Waals surface area contributed by atoms with Gasteiger partial charge in [-0.25, -0.2) is 0 Å². The topological polar surface area (TPSA) is 33.3 Å². The summed E-state index contributed by atoms with van der Waals surface area (Å²) in [5, 5.41) is 7.34. The number of nitrogens with one attached hydrogen (secondary N) is 2. The van der Waals surface area contributed by atoms with Crippen molar-refractivity contribution in [3.63, 3.8) is 0 Å². The SMILES string of the molecule is Cc1cc(NC(=S)N[C@@H]2CC(C)(C)Oc3ccccc32)ccc1Br. The minimum atomic E-state index is -0.226.